The second kappa shape index (κ2) is 8.83. The van der Waals surface area contributed by atoms with Crippen LogP contribution in [-0.2, 0) is 9.53 Å². The highest BCUT2D eigenvalue weighted by Gasteiger charge is 2.33. The largest absolute Gasteiger partial charge is 0.478 e. The lowest BCUT2D eigenvalue weighted by Crippen LogP contribution is -2.42. The van der Waals surface area contributed by atoms with Crippen LogP contribution >= 0.6 is 11.6 Å². The van der Waals surface area contributed by atoms with Gasteiger partial charge in [0.15, 0.2) is 0 Å². The van der Waals surface area contributed by atoms with Gasteiger partial charge in [-0.1, -0.05) is 11.6 Å². The number of carboxylic acids is 1. The van der Waals surface area contributed by atoms with E-state index in [1.165, 1.54) is 6.08 Å². The highest BCUT2D eigenvalue weighted by atomic mass is 35.5. The number of anilines is 1. The number of nitrogens with zero attached hydrogens (tertiary/aromatic N) is 3. The summed E-state index contributed by atoms with van der Waals surface area (Å²) in [6, 6.07) is -0.437. The van der Waals surface area contributed by atoms with Gasteiger partial charge in [0.25, 0.3) is 0 Å². The molecule has 1 aromatic rings. The Balaban J connectivity index is 1.62. The molecule has 0 aromatic carbocycles. The summed E-state index contributed by atoms with van der Waals surface area (Å²) in [6.45, 7) is 4.70. The Labute approximate surface area is 179 Å². The van der Waals surface area contributed by atoms with Gasteiger partial charge in [-0.25, -0.2) is 14.2 Å². The first kappa shape index (κ1) is 21.0. The lowest BCUT2D eigenvalue weighted by molar-refractivity contribution is -0.132. The average Bonchev–Trinajstić information content (AvgIpc) is 2.72. The number of hydrogen-bond donors (Lipinski definition) is 2. The highest BCUT2D eigenvalue weighted by Crippen LogP contribution is 2.36. The molecule has 3 aliphatic rings. The smallest absolute Gasteiger partial charge is 0.331 e. The van der Waals surface area contributed by atoms with Crippen molar-refractivity contribution in [2.24, 2.45) is 0 Å². The molecule has 0 bridgehead atoms. The number of morpholine rings is 1. The van der Waals surface area contributed by atoms with Crippen molar-refractivity contribution in [2.75, 3.05) is 31.2 Å². The van der Waals surface area contributed by atoms with Crippen molar-refractivity contribution in [3.8, 4) is 0 Å². The monoisotopic (exact) mass is 434 g/mol. The molecule has 1 fully saturated rings. The number of aliphatic carboxylic acids is 1. The van der Waals surface area contributed by atoms with Crippen LogP contribution in [0.4, 0.5) is 10.2 Å². The van der Waals surface area contributed by atoms with Crippen LogP contribution in [0.15, 0.2) is 34.8 Å². The quantitative estimate of drug-likeness (QED) is 0.736. The van der Waals surface area contributed by atoms with E-state index in [2.05, 4.69) is 15.2 Å². The minimum atomic E-state index is -0.966. The Hall–Kier alpha value is -2.29. The van der Waals surface area contributed by atoms with Crippen molar-refractivity contribution < 1.29 is 19.0 Å². The first-order valence-corrected chi connectivity index (χ1v) is 10.4. The van der Waals surface area contributed by atoms with E-state index in [1.807, 2.05) is 6.92 Å². The number of rotatable bonds is 5. The number of hydrogen-bond acceptors (Lipinski definition) is 6. The molecule has 0 spiro atoms. The van der Waals surface area contributed by atoms with Gasteiger partial charge in [-0.15, -0.1) is 0 Å². The third kappa shape index (κ3) is 4.55. The number of aromatic nitrogens is 2. The highest BCUT2D eigenvalue weighted by molar-refractivity contribution is 6.31. The number of ether oxygens (including phenoxy) is 1. The van der Waals surface area contributed by atoms with Crippen LogP contribution in [0.3, 0.4) is 0 Å². The molecule has 160 valence electrons. The van der Waals surface area contributed by atoms with Gasteiger partial charge in [0.1, 0.15) is 11.6 Å². The minimum absolute atomic E-state index is 0.169. The SMILES string of the molecule is CC(NC1C=C(Cl)C=C(F)C1)C1CC(C(=O)O)=Cc2ncc(N3CCOCC3)nc21. The van der Waals surface area contributed by atoms with Crippen molar-refractivity contribution in [1.82, 2.24) is 15.3 Å². The van der Waals surface area contributed by atoms with Crippen molar-refractivity contribution >= 4 is 29.5 Å². The van der Waals surface area contributed by atoms with Crippen molar-refractivity contribution in [3.63, 3.8) is 0 Å². The summed E-state index contributed by atoms with van der Waals surface area (Å²) in [5.74, 6) is -0.704. The van der Waals surface area contributed by atoms with Gasteiger partial charge in [-0.3, -0.25) is 4.98 Å². The zero-order valence-electron chi connectivity index (χ0n) is 16.6. The van der Waals surface area contributed by atoms with E-state index in [-0.39, 0.29) is 35.8 Å². The van der Waals surface area contributed by atoms with Gasteiger partial charge in [0.05, 0.1) is 30.8 Å². The fourth-order valence-corrected chi connectivity index (χ4v) is 4.40. The standard InChI is InChI=1S/C21H24ClFN4O3/c1-12(25-16-9-14(22)8-15(23)10-16)17-6-13(21(28)29)7-18-20(17)26-19(11-24-18)27-2-4-30-5-3-27/h7-9,11-12,16-17,25H,2-6,10H2,1H3,(H,28,29). The molecule has 9 heteroatoms. The van der Waals surface area contributed by atoms with Gasteiger partial charge >= 0.3 is 5.97 Å². The first-order valence-electron chi connectivity index (χ1n) is 10.0. The van der Waals surface area contributed by atoms with E-state index in [0.717, 1.165) is 24.6 Å². The summed E-state index contributed by atoms with van der Waals surface area (Å²) in [7, 11) is 0. The Bertz CT molecular complexity index is 927. The molecule has 1 aliphatic heterocycles. The summed E-state index contributed by atoms with van der Waals surface area (Å²) in [5, 5.41) is 13.3. The number of carboxylic acid groups (broad SMARTS) is 1. The third-order valence-corrected chi connectivity index (χ3v) is 5.91. The molecule has 3 unspecified atom stereocenters. The van der Waals surface area contributed by atoms with E-state index in [1.54, 1.807) is 18.3 Å². The molecule has 3 atom stereocenters. The topological polar surface area (TPSA) is 87.6 Å². The maximum absolute atomic E-state index is 13.8. The van der Waals surface area contributed by atoms with Crippen LogP contribution in [0.5, 0.6) is 0 Å². The lowest BCUT2D eigenvalue weighted by atomic mass is 9.83. The molecule has 0 saturated carbocycles. The van der Waals surface area contributed by atoms with Crippen LogP contribution < -0.4 is 10.2 Å². The zero-order chi connectivity index (χ0) is 21.3. The second-order valence-corrected chi connectivity index (χ2v) is 8.23. The Morgan fingerprint density at radius 1 is 1.37 bits per heavy atom. The van der Waals surface area contributed by atoms with E-state index in [9.17, 15) is 14.3 Å². The van der Waals surface area contributed by atoms with Crippen LogP contribution in [0.1, 0.15) is 37.1 Å². The molecular formula is C21H24ClFN4O3. The number of fused-ring (bicyclic) bond motifs is 1. The van der Waals surface area contributed by atoms with E-state index < -0.39 is 5.97 Å². The molecule has 1 saturated heterocycles. The Morgan fingerprint density at radius 3 is 2.83 bits per heavy atom. The van der Waals surface area contributed by atoms with Crippen molar-refractivity contribution in [2.45, 2.75) is 37.8 Å². The Morgan fingerprint density at radius 2 is 2.13 bits per heavy atom. The zero-order valence-corrected chi connectivity index (χ0v) is 17.4. The van der Waals surface area contributed by atoms with Gasteiger partial charge in [-0.05, 0) is 31.6 Å². The van der Waals surface area contributed by atoms with E-state index >= 15 is 0 Å². The molecule has 7 nitrogen and oxygen atoms in total. The minimum Gasteiger partial charge on any atom is -0.478 e. The second-order valence-electron chi connectivity index (χ2n) is 7.79. The van der Waals surface area contributed by atoms with Gasteiger partial charge < -0.3 is 20.1 Å². The maximum atomic E-state index is 13.8. The van der Waals surface area contributed by atoms with E-state index in [4.69, 9.17) is 21.3 Å². The van der Waals surface area contributed by atoms with Crippen LogP contribution in [0.2, 0.25) is 0 Å². The average molecular weight is 435 g/mol. The molecule has 30 heavy (non-hydrogen) atoms. The third-order valence-electron chi connectivity index (χ3n) is 5.68. The number of carbonyl (C=O) groups is 1. The number of allylic oxidation sites excluding steroid dienone is 2. The molecule has 2 heterocycles. The number of halogens is 2. The summed E-state index contributed by atoms with van der Waals surface area (Å²) >= 11 is 6.01. The molecule has 2 aliphatic carbocycles. The van der Waals surface area contributed by atoms with Gasteiger partial charge in [-0.2, -0.15) is 0 Å². The summed E-state index contributed by atoms with van der Waals surface area (Å²) in [5.41, 5.74) is 1.61. The predicted octanol–water partition coefficient (Wildman–Crippen LogP) is 3.00. The molecule has 0 radical (unpaired) electrons. The summed E-state index contributed by atoms with van der Waals surface area (Å²) in [6.07, 6.45) is 6.89. The van der Waals surface area contributed by atoms with E-state index in [0.29, 0.717) is 30.4 Å². The molecule has 1 aromatic heterocycles. The molecule has 2 N–H and O–H groups in total. The number of nitrogens with one attached hydrogen (secondary N) is 1. The summed E-state index contributed by atoms with van der Waals surface area (Å²) in [4.78, 5) is 23.2. The molecule has 0 amide bonds. The lowest BCUT2D eigenvalue weighted by Gasteiger charge is -2.33. The normalized spacial score (nSPS) is 25.0. The van der Waals surface area contributed by atoms with Crippen LogP contribution in [0.25, 0.3) is 6.08 Å². The van der Waals surface area contributed by atoms with Crippen LogP contribution in [0, 0.1) is 0 Å². The molecule has 4 rings (SSSR count). The first-order chi connectivity index (χ1) is 14.4. The molecular weight excluding hydrogens is 411 g/mol. The Kier molecular flexibility index (Phi) is 6.17. The van der Waals surface area contributed by atoms with Crippen LogP contribution in [-0.4, -0.2) is 59.4 Å². The van der Waals surface area contributed by atoms with Gasteiger partial charge in [0, 0.05) is 48.1 Å². The fraction of sp³-hybridized carbons (Fsp3) is 0.476. The van der Waals surface area contributed by atoms with Crippen molar-refractivity contribution in [3.05, 3.63) is 46.2 Å². The maximum Gasteiger partial charge on any atom is 0.331 e. The van der Waals surface area contributed by atoms with Crippen molar-refractivity contribution in [1.29, 1.82) is 0 Å². The fourth-order valence-electron chi connectivity index (χ4n) is 4.13. The predicted molar refractivity (Wildman–Crippen MR) is 112 cm³/mol. The summed E-state index contributed by atoms with van der Waals surface area (Å²) < 4.78 is 19.2. The van der Waals surface area contributed by atoms with Gasteiger partial charge in [0.2, 0.25) is 0 Å².